The first-order valence-electron chi connectivity index (χ1n) is 9.11. The fourth-order valence-electron chi connectivity index (χ4n) is 2.75. The van der Waals surface area contributed by atoms with Crippen LogP contribution in [0.2, 0.25) is 5.02 Å². The summed E-state index contributed by atoms with van der Waals surface area (Å²) in [4.78, 5) is 29.0. The van der Waals surface area contributed by atoms with Gasteiger partial charge in [0, 0.05) is 33.6 Å². The van der Waals surface area contributed by atoms with Gasteiger partial charge < -0.3 is 15.4 Å². The lowest BCUT2D eigenvalue weighted by molar-refractivity contribution is -0.115. The fourth-order valence-corrected chi connectivity index (χ4v) is 3.00. The molecule has 29 heavy (non-hydrogen) atoms. The first-order valence-corrected chi connectivity index (χ1v) is 9.48. The third-order valence-corrected chi connectivity index (χ3v) is 4.13. The van der Waals surface area contributed by atoms with E-state index in [1.54, 1.807) is 25.3 Å². The lowest BCUT2D eigenvalue weighted by Crippen LogP contribution is -2.40. The van der Waals surface area contributed by atoms with E-state index in [4.69, 9.17) is 16.3 Å². The molecule has 0 radical (unpaired) electrons. The Kier molecular flexibility index (Phi) is 7.03. The van der Waals surface area contributed by atoms with Crippen LogP contribution in [0.3, 0.4) is 0 Å². The first kappa shape index (κ1) is 22.4. The van der Waals surface area contributed by atoms with E-state index in [0.717, 1.165) is 11.1 Å². The lowest BCUT2D eigenvalue weighted by Gasteiger charge is -2.20. The number of ether oxygens (including phenoxy) is 1. The number of halogens is 1. The molecule has 154 valence electrons. The van der Waals surface area contributed by atoms with Gasteiger partial charge in [-0.3, -0.25) is 14.6 Å². The van der Waals surface area contributed by atoms with Crippen molar-refractivity contribution >= 4 is 34.7 Å². The summed E-state index contributed by atoms with van der Waals surface area (Å²) in [6.45, 7) is 11.4. The average molecular weight is 416 g/mol. The maximum Gasteiger partial charge on any atom is 0.270 e. The molecule has 7 heteroatoms. The lowest BCUT2D eigenvalue weighted by atomic mass is 10.0. The maximum absolute atomic E-state index is 12.6. The van der Waals surface area contributed by atoms with Crippen LogP contribution >= 0.6 is 11.6 Å². The fraction of sp³-hybridized carbons (Fsp3) is 0.318. The van der Waals surface area contributed by atoms with Crippen LogP contribution in [-0.2, 0) is 11.2 Å². The van der Waals surface area contributed by atoms with E-state index < -0.39 is 0 Å². The minimum atomic E-state index is -0.387. The van der Waals surface area contributed by atoms with Crippen molar-refractivity contribution < 1.29 is 14.3 Å². The molecule has 0 fully saturated rings. The molecule has 0 aliphatic heterocycles. The molecule has 0 bridgehead atoms. The second kappa shape index (κ2) is 9.09. The molecule has 0 saturated heterocycles. The van der Waals surface area contributed by atoms with Crippen LogP contribution in [0.5, 0.6) is 5.75 Å². The SMILES string of the molecule is C=C(C)c1cc(Cl)cc(CC(=O)Nc2ccnc(C(=O)NC(C)(C)C)c2)c1OC. The highest BCUT2D eigenvalue weighted by Gasteiger charge is 2.18. The highest BCUT2D eigenvalue weighted by Crippen LogP contribution is 2.33. The second-order valence-corrected chi connectivity index (χ2v) is 8.22. The van der Waals surface area contributed by atoms with Crippen molar-refractivity contribution in [2.45, 2.75) is 39.7 Å². The van der Waals surface area contributed by atoms with Crippen LogP contribution in [-0.4, -0.2) is 29.4 Å². The summed E-state index contributed by atoms with van der Waals surface area (Å²) in [5.41, 5.74) is 2.51. The number of hydrogen-bond donors (Lipinski definition) is 2. The Balaban J connectivity index is 2.19. The number of aromatic nitrogens is 1. The zero-order valence-corrected chi connectivity index (χ0v) is 18.1. The van der Waals surface area contributed by atoms with Gasteiger partial charge in [0.25, 0.3) is 5.91 Å². The number of carbonyl (C=O) groups is 2. The molecule has 0 unspecified atom stereocenters. The van der Waals surface area contributed by atoms with Gasteiger partial charge in [0.2, 0.25) is 5.91 Å². The van der Waals surface area contributed by atoms with Crippen molar-refractivity contribution in [3.63, 3.8) is 0 Å². The molecule has 2 aromatic rings. The number of rotatable bonds is 6. The summed E-state index contributed by atoms with van der Waals surface area (Å²) in [7, 11) is 1.54. The van der Waals surface area contributed by atoms with Crippen molar-refractivity contribution in [3.8, 4) is 5.75 Å². The van der Waals surface area contributed by atoms with Gasteiger partial charge in [-0.05, 0) is 57.5 Å². The molecule has 2 N–H and O–H groups in total. The number of allylic oxidation sites excluding steroid dienone is 1. The number of anilines is 1. The number of pyridine rings is 1. The first-order chi connectivity index (χ1) is 13.5. The zero-order chi connectivity index (χ0) is 21.8. The summed E-state index contributed by atoms with van der Waals surface area (Å²) >= 11 is 6.19. The Bertz CT molecular complexity index is 949. The second-order valence-electron chi connectivity index (χ2n) is 7.78. The molecule has 2 amide bonds. The van der Waals surface area contributed by atoms with Crippen molar-refractivity contribution in [2.24, 2.45) is 0 Å². The van der Waals surface area contributed by atoms with Gasteiger partial charge in [0.15, 0.2) is 0 Å². The average Bonchev–Trinajstić information content (AvgIpc) is 2.59. The van der Waals surface area contributed by atoms with Gasteiger partial charge in [0.1, 0.15) is 11.4 Å². The number of benzene rings is 1. The van der Waals surface area contributed by atoms with Gasteiger partial charge in [-0.25, -0.2) is 0 Å². The molecule has 1 aromatic carbocycles. The molecule has 6 nitrogen and oxygen atoms in total. The molecule has 1 aromatic heterocycles. The molecular weight excluding hydrogens is 390 g/mol. The van der Waals surface area contributed by atoms with Crippen molar-refractivity contribution in [3.05, 3.63) is 58.9 Å². The number of nitrogens with one attached hydrogen (secondary N) is 2. The van der Waals surface area contributed by atoms with E-state index in [1.165, 1.54) is 12.3 Å². The van der Waals surface area contributed by atoms with Crippen LogP contribution in [0.1, 0.15) is 49.3 Å². The largest absolute Gasteiger partial charge is 0.496 e. The van der Waals surface area contributed by atoms with Crippen LogP contribution in [0, 0.1) is 0 Å². The predicted molar refractivity (Wildman–Crippen MR) is 117 cm³/mol. The van der Waals surface area contributed by atoms with Gasteiger partial charge >= 0.3 is 0 Å². The molecule has 0 aliphatic carbocycles. The number of carbonyl (C=O) groups excluding carboxylic acids is 2. The highest BCUT2D eigenvalue weighted by molar-refractivity contribution is 6.31. The topological polar surface area (TPSA) is 80.3 Å². The standard InChI is InChI=1S/C22H26ClN3O3/c1-13(2)17-11-15(23)9-14(20(17)29-6)10-19(27)25-16-7-8-24-18(12-16)21(28)26-22(3,4)5/h7-9,11-12H,1,10H2,2-6H3,(H,26,28)(H,24,25,27). The number of nitrogens with zero attached hydrogens (tertiary/aromatic N) is 1. The Morgan fingerprint density at radius 1 is 1.24 bits per heavy atom. The summed E-state index contributed by atoms with van der Waals surface area (Å²) in [6, 6.07) is 6.61. The van der Waals surface area contributed by atoms with Crippen LogP contribution in [0.25, 0.3) is 5.57 Å². The maximum atomic E-state index is 12.6. The summed E-state index contributed by atoms with van der Waals surface area (Å²) < 4.78 is 5.48. The molecule has 1 heterocycles. The van der Waals surface area contributed by atoms with Crippen molar-refractivity contribution in [1.29, 1.82) is 0 Å². The zero-order valence-electron chi connectivity index (χ0n) is 17.4. The Labute approximate surface area is 176 Å². The molecule has 0 aliphatic rings. The highest BCUT2D eigenvalue weighted by atomic mass is 35.5. The molecule has 0 atom stereocenters. The van der Waals surface area contributed by atoms with E-state index in [1.807, 2.05) is 27.7 Å². The van der Waals surface area contributed by atoms with Crippen LogP contribution in [0.4, 0.5) is 5.69 Å². The Morgan fingerprint density at radius 3 is 2.52 bits per heavy atom. The van der Waals surface area contributed by atoms with E-state index in [0.29, 0.717) is 22.0 Å². The molecular formula is C22H26ClN3O3. The van der Waals surface area contributed by atoms with Crippen molar-refractivity contribution in [1.82, 2.24) is 10.3 Å². The Hall–Kier alpha value is -2.86. The number of amides is 2. The third-order valence-electron chi connectivity index (χ3n) is 3.91. The summed E-state index contributed by atoms with van der Waals surface area (Å²) in [5, 5.41) is 6.13. The van der Waals surface area contributed by atoms with Crippen LogP contribution < -0.4 is 15.4 Å². The van der Waals surface area contributed by atoms with Gasteiger partial charge in [-0.1, -0.05) is 18.2 Å². The quantitative estimate of drug-likeness (QED) is 0.728. The van der Waals surface area contributed by atoms with Gasteiger partial charge in [0.05, 0.1) is 13.5 Å². The smallest absolute Gasteiger partial charge is 0.270 e. The minimum Gasteiger partial charge on any atom is -0.496 e. The number of methoxy groups -OCH3 is 1. The van der Waals surface area contributed by atoms with E-state index >= 15 is 0 Å². The van der Waals surface area contributed by atoms with E-state index in [-0.39, 0.29) is 29.5 Å². The normalized spacial score (nSPS) is 11.0. The Morgan fingerprint density at radius 2 is 1.93 bits per heavy atom. The van der Waals surface area contributed by atoms with Crippen molar-refractivity contribution in [2.75, 3.05) is 12.4 Å². The molecule has 0 spiro atoms. The van der Waals surface area contributed by atoms with Crippen LogP contribution in [0.15, 0.2) is 37.0 Å². The minimum absolute atomic E-state index is 0.0514. The third kappa shape index (κ3) is 6.32. The molecule has 0 saturated carbocycles. The molecule has 2 rings (SSSR count). The van der Waals surface area contributed by atoms with E-state index in [9.17, 15) is 9.59 Å². The summed E-state index contributed by atoms with van der Waals surface area (Å²) in [6.07, 6.45) is 1.53. The van der Waals surface area contributed by atoms with Gasteiger partial charge in [-0.2, -0.15) is 0 Å². The predicted octanol–water partition coefficient (Wildman–Crippen LogP) is 4.49. The van der Waals surface area contributed by atoms with Gasteiger partial charge in [-0.15, -0.1) is 0 Å². The summed E-state index contributed by atoms with van der Waals surface area (Å²) in [5.74, 6) is -0.0140. The van der Waals surface area contributed by atoms with E-state index in [2.05, 4.69) is 22.2 Å². The number of hydrogen-bond acceptors (Lipinski definition) is 4. The monoisotopic (exact) mass is 415 g/mol.